The van der Waals surface area contributed by atoms with E-state index in [4.69, 9.17) is 0 Å². The number of piperidine rings is 1. The predicted octanol–water partition coefficient (Wildman–Crippen LogP) is 3.09. The normalized spacial score (nSPS) is 23.1. The number of carbonyl (C=O) groups is 1. The molecule has 1 aliphatic rings. The van der Waals surface area contributed by atoms with Crippen molar-refractivity contribution in [3.05, 3.63) is 12.7 Å². The maximum Gasteiger partial charge on any atom is 0.268 e. The molecule has 0 spiro atoms. The molecule has 1 fully saturated rings. The minimum atomic E-state index is -2.74. The third-order valence-corrected chi connectivity index (χ3v) is 2.73. The van der Waals surface area contributed by atoms with Gasteiger partial charge in [-0.1, -0.05) is 27.4 Å². The van der Waals surface area contributed by atoms with Crippen LogP contribution in [0.4, 0.5) is 8.78 Å². The van der Waals surface area contributed by atoms with Gasteiger partial charge in [0.25, 0.3) is 5.92 Å². The molecule has 0 aromatic carbocycles. The van der Waals surface area contributed by atoms with E-state index >= 15 is 0 Å². The average Bonchev–Trinajstić information content (AvgIpc) is 2.29. The van der Waals surface area contributed by atoms with Crippen LogP contribution in [0.25, 0.3) is 0 Å². The van der Waals surface area contributed by atoms with E-state index in [-0.39, 0.29) is 0 Å². The zero-order valence-electron chi connectivity index (χ0n) is 10.3. The van der Waals surface area contributed by atoms with Crippen LogP contribution in [0.1, 0.15) is 33.6 Å². The highest BCUT2D eigenvalue weighted by atomic mass is 19.3. The first-order valence-corrected chi connectivity index (χ1v) is 5.80. The SMILES string of the molecule is C=CC(=O)N1CCC(CC)C(F)(F)C1.CC. The highest BCUT2D eigenvalue weighted by Crippen LogP contribution is 2.34. The molecule has 1 saturated heterocycles. The summed E-state index contributed by atoms with van der Waals surface area (Å²) in [6.07, 6.45) is 1.93. The Labute approximate surface area is 96.3 Å². The van der Waals surface area contributed by atoms with Crippen LogP contribution in [-0.4, -0.2) is 29.8 Å². The Hall–Kier alpha value is -0.930. The quantitative estimate of drug-likeness (QED) is 0.671. The first-order chi connectivity index (χ1) is 7.51. The molecule has 2 nitrogen and oxygen atoms in total. The summed E-state index contributed by atoms with van der Waals surface area (Å²) in [6.45, 7) is 8.99. The van der Waals surface area contributed by atoms with Crippen molar-refractivity contribution in [2.24, 2.45) is 5.92 Å². The summed E-state index contributed by atoms with van der Waals surface area (Å²) >= 11 is 0. The van der Waals surface area contributed by atoms with E-state index in [1.54, 1.807) is 6.92 Å². The fraction of sp³-hybridized carbons (Fsp3) is 0.750. The largest absolute Gasteiger partial charge is 0.333 e. The van der Waals surface area contributed by atoms with Gasteiger partial charge in [0.05, 0.1) is 6.54 Å². The number of likely N-dealkylation sites (tertiary alicyclic amines) is 1. The van der Waals surface area contributed by atoms with Gasteiger partial charge < -0.3 is 4.90 Å². The Morgan fingerprint density at radius 1 is 1.56 bits per heavy atom. The topological polar surface area (TPSA) is 20.3 Å². The Morgan fingerprint density at radius 3 is 2.50 bits per heavy atom. The zero-order valence-corrected chi connectivity index (χ0v) is 10.3. The zero-order chi connectivity index (χ0) is 12.8. The van der Waals surface area contributed by atoms with E-state index < -0.39 is 24.3 Å². The molecule has 0 aromatic heterocycles. The lowest BCUT2D eigenvalue weighted by Gasteiger charge is -2.37. The van der Waals surface area contributed by atoms with Crippen LogP contribution in [0.5, 0.6) is 0 Å². The van der Waals surface area contributed by atoms with E-state index in [0.29, 0.717) is 19.4 Å². The van der Waals surface area contributed by atoms with Gasteiger partial charge in [-0.2, -0.15) is 0 Å². The van der Waals surface area contributed by atoms with Crippen molar-refractivity contribution in [2.75, 3.05) is 13.1 Å². The number of alkyl halides is 2. The molecule has 0 bridgehead atoms. The summed E-state index contributed by atoms with van der Waals surface area (Å²) < 4.78 is 26.8. The number of rotatable bonds is 2. The van der Waals surface area contributed by atoms with Gasteiger partial charge in [0, 0.05) is 12.5 Å². The van der Waals surface area contributed by atoms with Crippen LogP contribution >= 0.6 is 0 Å². The highest BCUT2D eigenvalue weighted by Gasteiger charge is 2.44. The molecule has 16 heavy (non-hydrogen) atoms. The highest BCUT2D eigenvalue weighted by molar-refractivity contribution is 5.87. The van der Waals surface area contributed by atoms with Crippen LogP contribution in [0.15, 0.2) is 12.7 Å². The molecule has 1 heterocycles. The lowest BCUT2D eigenvalue weighted by Crippen LogP contribution is -2.50. The van der Waals surface area contributed by atoms with Gasteiger partial charge in [-0.3, -0.25) is 4.79 Å². The maximum atomic E-state index is 13.4. The van der Waals surface area contributed by atoms with Crippen LogP contribution in [-0.2, 0) is 4.79 Å². The van der Waals surface area contributed by atoms with Crippen molar-refractivity contribution in [2.45, 2.75) is 39.5 Å². The molecule has 0 aromatic rings. The second kappa shape index (κ2) is 6.61. The third kappa shape index (κ3) is 3.58. The molecule has 1 amide bonds. The molecular formula is C12H21F2NO. The smallest absolute Gasteiger partial charge is 0.268 e. The minimum Gasteiger partial charge on any atom is -0.333 e. The van der Waals surface area contributed by atoms with Crippen LogP contribution in [0, 0.1) is 5.92 Å². The van der Waals surface area contributed by atoms with Crippen LogP contribution < -0.4 is 0 Å². The number of halogens is 2. The minimum absolute atomic E-state index is 0.378. The van der Waals surface area contributed by atoms with Crippen molar-refractivity contribution < 1.29 is 13.6 Å². The molecule has 1 unspecified atom stereocenters. The fourth-order valence-electron chi connectivity index (χ4n) is 1.81. The summed E-state index contributed by atoms with van der Waals surface area (Å²) in [4.78, 5) is 12.3. The monoisotopic (exact) mass is 233 g/mol. The van der Waals surface area contributed by atoms with E-state index in [0.717, 1.165) is 6.08 Å². The van der Waals surface area contributed by atoms with E-state index in [2.05, 4.69) is 6.58 Å². The van der Waals surface area contributed by atoms with Crippen LogP contribution in [0.3, 0.4) is 0 Å². The Bertz CT molecular complexity index is 241. The molecule has 0 N–H and O–H groups in total. The van der Waals surface area contributed by atoms with Gasteiger partial charge in [0.15, 0.2) is 0 Å². The molecule has 94 valence electrons. The lowest BCUT2D eigenvalue weighted by atomic mass is 9.90. The third-order valence-electron chi connectivity index (χ3n) is 2.73. The van der Waals surface area contributed by atoms with Crippen molar-refractivity contribution in [1.29, 1.82) is 0 Å². The molecule has 1 aliphatic heterocycles. The summed E-state index contributed by atoms with van der Waals surface area (Å²) in [5.41, 5.74) is 0. The van der Waals surface area contributed by atoms with Gasteiger partial charge in [-0.15, -0.1) is 0 Å². The van der Waals surface area contributed by atoms with E-state index in [1.165, 1.54) is 4.90 Å². The van der Waals surface area contributed by atoms with E-state index in [9.17, 15) is 13.6 Å². The van der Waals surface area contributed by atoms with Gasteiger partial charge in [0.1, 0.15) is 0 Å². The first kappa shape index (κ1) is 15.1. The molecule has 0 aliphatic carbocycles. The fourth-order valence-corrected chi connectivity index (χ4v) is 1.81. The number of carbonyl (C=O) groups excluding carboxylic acids is 1. The lowest BCUT2D eigenvalue weighted by molar-refractivity contribution is -0.146. The summed E-state index contributed by atoms with van der Waals surface area (Å²) in [5, 5.41) is 0. The van der Waals surface area contributed by atoms with Gasteiger partial charge >= 0.3 is 0 Å². The van der Waals surface area contributed by atoms with E-state index in [1.807, 2.05) is 13.8 Å². The molecule has 1 rings (SSSR count). The molecule has 4 heteroatoms. The molecular weight excluding hydrogens is 212 g/mol. The second-order valence-electron chi connectivity index (χ2n) is 3.62. The average molecular weight is 233 g/mol. The summed E-state index contributed by atoms with van der Waals surface area (Å²) in [5.74, 6) is -3.73. The number of hydrogen-bond donors (Lipinski definition) is 0. The molecule has 1 atom stereocenters. The van der Waals surface area contributed by atoms with Gasteiger partial charge in [-0.05, 0) is 18.9 Å². The summed E-state index contributed by atoms with van der Waals surface area (Å²) in [7, 11) is 0. The molecule has 0 radical (unpaired) electrons. The second-order valence-corrected chi connectivity index (χ2v) is 3.62. The number of nitrogens with zero attached hydrogens (tertiary/aromatic N) is 1. The standard InChI is InChI=1S/C10H15F2NO.C2H6/c1-3-8-5-6-13(9(14)4-2)7-10(8,11)12;1-2/h4,8H,2-3,5-7H2,1H3;1-2H3. The first-order valence-electron chi connectivity index (χ1n) is 5.80. The maximum absolute atomic E-state index is 13.4. The Balaban J connectivity index is 0.00000106. The predicted molar refractivity (Wildman–Crippen MR) is 61.5 cm³/mol. The van der Waals surface area contributed by atoms with Gasteiger partial charge in [-0.25, -0.2) is 8.78 Å². The van der Waals surface area contributed by atoms with Crippen molar-refractivity contribution in [3.8, 4) is 0 Å². The number of hydrogen-bond acceptors (Lipinski definition) is 1. The van der Waals surface area contributed by atoms with Gasteiger partial charge in [0.2, 0.25) is 5.91 Å². The van der Waals surface area contributed by atoms with Crippen molar-refractivity contribution in [3.63, 3.8) is 0 Å². The summed E-state index contributed by atoms with van der Waals surface area (Å²) in [6, 6.07) is 0. The Morgan fingerprint density at radius 2 is 2.12 bits per heavy atom. The van der Waals surface area contributed by atoms with Crippen molar-refractivity contribution >= 4 is 5.91 Å². The van der Waals surface area contributed by atoms with Crippen molar-refractivity contribution in [1.82, 2.24) is 4.90 Å². The number of amides is 1. The Kier molecular flexibility index (Phi) is 6.22. The molecule has 0 saturated carbocycles. The van der Waals surface area contributed by atoms with Crippen LogP contribution in [0.2, 0.25) is 0 Å².